The van der Waals surface area contributed by atoms with E-state index in [1.807, 2.05) is 42.3 Å². The van der Waals surface area contributed by atoms with Crippen LogP contribution in [0.25, 0.3) is 10.1 Å². The van der Waals surface area contributed by atoms with Gasteiger partial charge in [0.15, 0.2) is 0 Å². The van der Waals surface area contributed by atoms with E-state index in [2.05, 4.69) is 5.10 Å². The molecule has 3 heterocycles. The summed E-state index contributed by atoms with van der Waals surface area (Å²) in [6.45, 7) is 1.37. The van der Waals surface area contributed by atoms with Crippen molar-refractivity contribution in [3.63, 3.8) is 0 Å². The Bertz CT molecular complexity index is 1160. The highest BCUT2D eigenvalue weighted by Crippen LogP contribution is 2.40. The maximum atomic E-state index is 13.3. The molecule has 2 aromatic heterocycles. The highest BCUT2D eigenvalue weighted by atomic mass is 32.1. The Kier molecular flexibility index (Phi) is 5.06. The molecule has 1 saturated heterocycles. The van der Waals surface area contributed by atoms with E-state index in [4.69, 9.17) is 4.74 Å². The van der Waals surface area contributed by atoms with Crippen molar-refractivity contribution in [1.29, 1.82) is 0 Å². The van der Waals surface area contributed by atoms with Crippen LogP contribution in [-0.4, -0.2) is 65.2 Å². The number of nitrogens with zero attached hydrogens (tertiary/aromatic N) is 4. The molecule has 5 rings (SSSR count). The minimum absolute atomic E-state index is 0.0322. The van der Waals surface area contributed by atoms with Gasteiger partial charge < -0.3 is 14.5 Å². The van der Waals surface area contributed by atoms with E-state index in [1.54, 1.807) is 23.7 Å². The Morgan fingerprint density at radius 2 is 2.00 bits per heavy atom. The molecule has 0 N–H and O–H groups in total. The van der Waals surface area contributed by atoms with Crippen LogP contribution in [0.5, 0.6) is 0 Å². The van der Waals surface area contributed by atoms with Crippen LogP contribution in [0.2, 0.25) is 0 Å². The van der Waals surface area contributed by atoms with Crippen LogP contribution in [-0.2, 0) is 11.8 Å². The Balaban J connectivity index is 1.47. The van der Waals surface area contributed by atoms with Gasteiger partial charge in [0.25, 0.3) is 11.8 Å². The summed E-state index contributed by atoms with van der Waals surface area (Å²) in [5.74, 6) is 0.432. The topological polar surface area (TPSA) is 67.7 Å². The fraction of sp³-hybridized carbons (Fsp3) is 0.435. The largest absolute Gasteiger partial charge is 0.370 e. The number of benzene rings is 1. The lowest BCUT2D eigenvalue weighted by atomic mass is 10.0. The highest BCUT2D eigenvalue weighted by molar-refractivity contribution is 7.21. The molecule has 3 aromatic rings. The van der Waals surface area contributed by atoms with Gasteiger partial charge in [-0.15, -0.1) is 11.3 Å². The molecule has 1 aliphatic carbocycles. The normalized spacial score (nSPS) is 19.1. The van der Waals surface area contributed by atoms with Gasteiger partial charge in [-0.1, -0.05) is 18.2 Å². The first kappa shape index (κ1) is 20.2. The Labute approximate surface area is 185 Å². The second-order valence-corrected chi connectivity index (χ2v) is 9.56. The van der Waals surface area contributed by atoms with Crippen LogP contribution in [0.4, 0.5) is 0 Å². The number of thiophene rings is 1. The first-order chi connectivity index (χ1) is 14.9. The molecular weight excluding hydrogens is 412 g/mol. The van der Waals surface area contributed by atoms with E-state index >= 15 is 0 Å². The van der Waals surface area contributed by atoms with Gasteiger partial charge >= 0.3 is 0 Å². The van der Waals surface area contributed by atoms with E-state index in [0.29, 0.717) is 36.2 Å². The van der Waals surface area contributed by atoms with Crippen molar-refractivity contribution in [3.05, 3.63) is 52.2 Å². The third kappa shape index (κ3) is 3.64. The summed E-state index contributed by atoms with van der Waals surface area (Å²) in [7, 11) is 5.35. The average molecular weight is 439 g/mol. The Hall–Kier alpha value is -2.71. The Morgan fingerprint density at radius 1 is 1.23 bits per heavy atom. The number of carbonyl (C=O) groups is 2. The molecule has 162 valence electrons. The zero-order valence-electron chi connectivity index (χ0n) is 18.0. The number of hydrogen-bond acceptors (Lipinski definition) is 5. The molecule has 2 amide bonds. The lowest BCUT2D eigenvalue weighted by Crippen LogP contribution is -2.43. The second-order valence-electron chi connectivity index (χ2n) is 8.50. The van der Waals surface area contributed by atoms with Gasteiger partial charge in [-0.05, 0) is 30.4 Å². The third-order valence-electron chi connectivity index (χ3n) is 6.02. The summed E-state index contributed by atoms with van der Waals surface area (Å²) in [6.07, 6.45) is 1.96. The average Bonchev–Trinajstić information content (AvgIpc) is 3.44. The maximum Gasteiger partial charge on any atom is 0.272 e. The molecule has 2 fully saturated rings. The minimum atomic E-state index is -0.344. The first-order valence-electron chi connectivity index (χ1n) is 10.6. The number of morpholine rings is 1. The van der Waals surface area contributed by atoms with Crippen molar-refractivity contribution >= 4 is 33.2 Å². The fourth-order valence-corrected chi connectivity index (χ4v) is 5.46. The van der Waals surface area contributed by atoms with Gasteiger partial charge in [-0.3, -0.25) is 14.3 Å². The van der Waals surface area contributed by atoms with Crippen molar-refractivity contribution in [3.8, 4) is 0 Å². The van der Waals surface area contributed by atoms with Gasteiger partial charge in [0.2, 0.25) is 0 Å². The Morgan fingerprint density at radius 3 is 2.74 bits per heavy atom. The van der Waals surface area contributed by atoms with Crippen molar-refractivity contribution in [1.82, 2.24) is 19.6 Å². The summed E-state index contributed by atoms with van der Waals surface area (Å²) in [5, 5.41) is 5.57. The number of aromatic nitrogens is 2. The van der Waals surface area contributed by atoms with Crippen LogP contribution in [0.15, 0.2) is 30.3 Å². The zero-order valence-corrected chi connectivity index (χ0v) is 18.8. The van der Waals surface area contributed by atoms with E-state index in [0.717, 1.165) is 34.2 Å². The van der Waals surface area contributed by atoms with Crippen LogP contribution >= 0.6 is 11.3 Å². The fourth-order valence-electron chi connectivity index (χ4n) is 4.19. The number of fused-ring (bicyclic) bond motifs is 1. The van der Waals surface area contributed by atoms with Crippen molar-refractivity contribution in [2.45, 2.75) is 24.9 Å². The molecule has 1 aliphatic heterocycles. The zero-order chi connectivity index (χ0) is 21.7. The first-order valence-corrected chi connectivity index (χ1v) is 11.4. The van der Waals surface area contributed by atoms with Gasteiger partial charge in [-0.25, -0.2) is 0 Å². The van der Waals surface area contributed by atoms with E-state index < -0.39 is 0 Å². The van der Waals surface area contributed by atoms with Crippen LogP contribution in [0.1, 0.15) is 56.3 Å². The summed E-state index contributed by atoms with van der Waals surface area (Å²) in [4.78, 5) is 30.3. The van der Waals surface area contributed by atoms with Gasteiger partial charge in [0, 0.05) is 43.9 Å². The predicted octanol–water partition coefficient (Wildman–Crippen LogP) is 3.43. The molecule has 0 unspecified atom stereocenters. The number of carbonyl (C=O) groups excluding carboxylic acids is 2. The molecule has 1 atom stereocenters. The minimum Gasteiger partial charge on any atom is -0.370 e. The van der Waals surface area contributed by atoms with Crippen molar-refractivity contribution < 1.29 is 14.3 Å². The lowest BCUT2D eigenvalue weighted by molar-refractivity contribution is -0.0226. The van der Waals surface area contributed by atoms with Crippen molar-refractivity contribution in [2.75, 3.05) is 33.8 Å². The van der Waals surface area contributed by atoms with Gasteiger partial charge in [-0.2, -0.15) is 5.10 Å². The van der Waals surface area contributed by atoms with Crippen LogP contribution in [0, 0.1) is 0 Å². The summed E-state index contributed by atoms with van der Waals surface area (Å²) < 4.78 is 8.87. The molecule has 2 aliphatic rings. The number of rotatable bonds is 4. The lowest BCUT2D eigenvalue weighted by Gasteiger charge is -2.33. The molecule has 1 saturated carbocycles. The van der Waals surface area contributed by atoms with E-state index in [1.165, 1.54) is 11.3 Å². The van der Waals surface area contributed by atoms with Gasteiger partial charge in [0.05, 0.1) is 23.7 Å². The maximum absolute atomic E-state index is 13.3. The smallest absolute Gasteiger partial charge is 0.272 e. The second kappa shape index (κ2) is 7.76. The predicted molar refractivity (Wildman–Crippen MR) is 120 cm³/mol. The quantitative estimate of drug-likeness (QED) is 0.626. The number of aryl methyl sites for hydroxylation is 1. The highest BCUT2D eigenvalue weighted by Gasteiger charge is 2.34. The summed E-state index contributed by atoms with van der Waals surface area (Å²) in [6, 6.07) is 9.94. The molecule has 31 heavy (non-hydrogen) atoms. The van der Waals surface area contributed by atoms with Gasteiger partial charge in [0.1, 0.15) is 11.8 Å². The number of hydrogen-bond donors (Lipinski definition) is 0. The molecular formula is C23H26N4O3S. The van der Waals surface area contributed by atoms with E-state index in [9.17, 15) is 9.59 Å². The summed E-state index contributed by atoms with van der Waals surface area (Å²) >= 11 is 1.49. The standard InChI is InChI=1S/C23H26N4O3S/c1-25(2)23(29)21-20(15-6-4-5-7-19(15)31-21)18-13-27(10-11-30-18)22(28)17-12-16(14-8-9-14)24-26(17)3/h4-7,12,14,18H,8-11,13H2,1-3H3/t18-/m1/s1. The molecule has 1 aromatic carbocycles. The molecule has 0 radical (unpaired) electrons. The number of amides is 2. The van der Waals surface area contributed by atoms with Crippen molar-refractivity contribution in [2.24, 2.45) is 7.05 Å². The third-order valence-corrected chi connectivity index (χ3v) is 7.20. The van der Waals surface area contributed by atoms with E-state index in [-0.39, 0.29) is 17.9 Å². The van der Waals surface area contributed by atoms with Crippen LogP contribution in [0.3, 0.4) is 0 Å². The van der Waals surface area contributed by atoms with Crippen LogP contribution < -0.4 is 0 Å². The molecule has 0 bridgehead atoms. The monoisotopic (exact) mass is 438 g/mol. The molecule has 8 heteroatoms. The molecule has 0 spiro atoms. The SMILES string of the molecule is CN(C)C(=O)c1sc2ccccc2c1[C@H]1CN(C(=O)c2cc(C3CC3)nn2C)CCO1. The molecule has 7 nitrogen and oxygen atoms in total. The summed E-state index contributed by atoms with van der Waals surface area (Å²) in [5.41, 5.74) is 2.51. The number of ether oxygens (including phenoxy) is 1.